The van der Waals surface area contributed by atoms with Gasteiger partial charge in [-0.05, 0) is 12.1 Å². The molecule has 0 spiro atoms. The topological polar surface area (TPSA) is 179 Å². The molecule has 1 saturated heterocycles. The number of methoxy groups -OCH3 is 1. The standard InChI is InChI=1S/C22H22O11/c1-30-9-5-11(25)17-12(26)7-15(31-14(17)6-9)18-10(24)3-2-4-13(18)32-22-21(29)20(28)19(27)16(8-23)33-22/h2-7,16,19-25,27-29H,8H2,1H3. The van der Waals surface area contributed by atoms with E-state index in [1.54, 1.807) is 0 Å². The van der Waals surface area contributed by atoms with Gasteiger partial charge in [0, 0.05) is 18.2 Å². The number of benzene rings is 2. The average Bonchev–Trinajstić information content (AvgIpc) is 2.78. The Balaban J connectivity index is 1.79. The molecule has 0 bridgehead atoms. The van der Waals surface area contributed by atoms with Gasteiger partial charge in [0.15, 0.2) is 5.43 Å². The van der Waals surface area contributed by atoms with Crippen molar-refractivity contribution < 1.29 is 49.3 Å². The predicted molar refractivity (Wildman–Crippen MR) is 112 cm³/mol. The molecule has 176 valence electrons. The molecule has 4 rings (SSSR count). The van der Waals surface area contributed by atoms with Gasteiger partial charge in [-0.1, -0.05) is 6.07 Å². The molecule has 33 heavy (non-hydrogen) atoms. The smallest absolute Gasteiger partial charge is 0.229 e. The van der Waals surface area contributed by atoms with Crippen LogP contribution in [0.15, 0.2) is 45.6 Å². The molecule has 5 unspecified atom stereocenters. The number of aromatic hydroxyl groups is 2. The van der Waals surface area contributed by atoms with Gasteiger partial charge in [-0.2, -0.15) is 0 Å². The molecule has 1 aliphatic rings. The Hall–Kier alpha value is -3.35. The molecule has 1 aliphatic heterocycles. The van der Waals surface area contributed by atoms with Crippen molar-refractivity contribution in [3.8, 4) is 34.3 Å². The zero-order valence-corrected chi connectivity index (χ0v) is 17.3. The Bertz CT molecular complexity index is 1220. The lowest BCUT2D eigenvalue weighted by Crippen LogP contribution is -2.60. The van der Waals surface area contributed by atoms with E-state index in [4.69, 9.17) is 18.6 Å². The highest BCUT2D eigenvalue weighted by Gasteiger charge is 2.45. The highest BCUT2D eigenvalue weighted by Crippen LogP contribution is 2.40. The summed E-state index contributed by atoms with van der Waals surface area (Å²) in [7, 11) is 1.37. The van der Waals surface area contributed by atoms with Gasteiger partial charge in [-0.15, -0.1) is 0 Å². The summed E-state index contributed by atoms with van der Waals surface area (Å²) in [5, 5.41) is 60.1. The largest absolute Gasteiger partial charge is 0.507 e. The molecule has 0 radical (unpaired) electrons. The van der Waals surface area contributed by atoms with E-state index in [0.29, 0.717) is 0 Å². The second kappa shape index (κ2) is 8.89. The zero-order valence-electron chi connectivity index (χ0n) is 17.3. The van der Waals surface area contributed by atoms with Crippen LogP contribution in [-0.2, 0) is 4.74 Å². The maximum atomic E-state index is 12.7. The lowest BCUT2D eigenvalue weighted by atomic mass is 9.99. The van der Waals surface area contributed by atoms with Crippen molar-refractivity contribution in [1.82, 2.24) is 0 Å². The fraction of sp³-hybridized carbons (Fsp3) is 0.318. The molecule has 1 aromatic heterocycles. The van der Waals surface area contributed by atoms with Gasteiger partial charge in [0.25, 0.3) is 0 Å². The van der Waals surface area contributed by atoms with Gasteiger partial charge < -0.3 is 49.3 Å². The number of phenols is 2. The van der Waals surface area contributed by atoms with E-state index in [0.717, 1.165) is 6.07 Å². The first-order chi connectivity index (χ1) is 15.7. The lowest BCUT2D eigenvalue weighted by Gasteiger charge is -2.39. The van der Waals surface area contributed by atoms with Crippen LogP contribution < -0.4 is 14.9 Å². The van der Waals surface area contributed by atoms with E-state index in [1.165, 1.54) is 37.4 Å². The molecule has 0 saturated carbocycles. The molecule has 2 aromatic carbocycles. The Morgan fingerprint density at radius 2 is 1.76 bits per heavy atom. The van der Waals surface area contributed by atoms with Gasteiger partial charge in [0.1, 0.15) is 69.7 Å². The van der Waals surface area contributed by atoms with Crippen LogP contribution in [0.1, 0.15) is 0 Å². The highest BCUT2D eigenvalue weighted by atomic mass is 16.7. The molecule has 5 atom stereocenters. The van der Waals surface area contributed by atoms with Gasteiger partial charge in [-0.25, -0.2) is 0 Å². The monoisotopic (exact) mass is 462 g/mol. The van der Waals surface area contributed by atoms with Crippen molar-refractivity contribution in [2.75, 3.05) is 13.7 Å². The second-order valence-electron chi connectivity index (χ2n) is 7.46. The highest BCUT2D eigenvalue weighted by molar-refractivity contribution is 5.87. The predicted octanol–water partition coefficient (Wildman–Crippen LogP) is 0.0585. The minimum atomic E-state index is -1.69. The van der Waals surface area contributed by atoms with E-state index in [1.807, 2.05) is 0 Å². The molecule has 0 amide bonds. The zero-order chi connectivity index (χ0) is 23.9. The van der Waals surface area contributed by atoms with Gasteiger partial charge >= 0.3 is 0 Å². The number of aliphatic hydroxyl groups excluding tert-OH is 4. The molecule has 0 aliphatic carbocycles. The minimum absolute atomic E-state index is 0.0172. The number of aliphatic hydroxyl groups is 4. The van der Waals surface area contributed by atoms with Crippen LogP contribution in [0.2, 0.25) is 0 Å². The Kier molecular flexibility index (Phi) is 6.15. The number of rotatable bonds is 5. The fourth-order valence-electron chi connectivity index (χ4n) is 3.64. The molecule has 2 heterocycles. The van der Waals surface area contributed by atoms with Crippen LogP contribution >= 0.6 is 0 Å². The summed E-state index contributed by atoms with van der Waals surface area (Å²) in [6, 6.07) is 7.81. The van der Waals surface area contributed by atoms with Crippen LogP contribution in [0.25, 0.3) is 22.3 Å². The first-order valence-corrected chi connectivity index (χ1v) is 9.89. The van der Waals surface area contributed by atoms with E-state index in [9.17, 15) is 35.4 Å². The van der Waals surface area contributed by atoms with Crippen LogP contribution in [-0.4, -0.2) is 75.1 Å². The van der Waals surface area contributed by atoms with Crippen LogP contribution in [0.5, 0.6) is 23.0 Å². The van der Waals surface area contributed by atoms with E-state index >= 15 is 0 Å². The molecular formula is C22H22O11. The number of hydrogen-bond donors (Lipinski definition) is 6. The van der Waals surface area contributed by atoms with Crippen molar-refractivity contribution in [1.29, 1.82) is 0 Å². The van der Waals surface area contributed by atoms with Gasteiger partial charge in [0.05, 0.1) is 13.7 Å². The van der Waals surface area contributed by atoms with Gasteiger partial charge in [-0.3, -0.25) is 4.79 Å². The normalized spacial score (nSPS) is 25.2. The summed E-state index contributed by atoms with van der Waals surface area (Å²) in [6.07, 6.45) is -7.67. The summed E-state index contributed by atoms with van der Waals surface area (Å²) in [5.41, 5.74) is -0.694. The summed E-state index contributed by atoms with van der Waals surface area (Å²) in [6.45, 7) is -0.650. The number of ether oxygens (including phenoxy) is 3. The van der Waals surface area contributed by atoms with E-state index in [-0.39, 0.29) is 45.3 Å². The molecule has 3 aromatic rings. The van der Waals surface area contributed by atoms with Crippen molar-refractivity contribution >= 4 is 11.0 Å². The Morgan fingerprint density at radius 3 is 2.45 bits per heavy atom. The molecule has 6 N–H and O–H groups in total. The maximum absolute atomic E-state index is 12.7. The average molecular weight is 462 g/mol. The number of fused-ring (bicyclic) bond motifs is 1. The third kappa shape index (κ3) is 4.08. The quantitative estimate of drug-likeness (QED) is 0.302. The molecular weight excluding hydrogens is 440 g/mol. The third-order valence-electron chi connectivity index (χ3n) is 5.36. The first-order valence-electron chi connectivity index (χ1n) is 9.89. The molecule has 11 heteroatoms. The summed E-state index contributed by atoms with van der Waals surface area (Å²) >= 11 is 0. The number of hydrogen-bond acceptors (Lipinski definition) is 11. The first kappa shape index (κ1) is 22.8. The maximum Gasteiger partial charge on any atom is 0.229 e. The molecule has 11 nitrogen and oxygen atoms in total. The SMILES string of the molecule is COc1cc(O)c2c(=O)cc(-c3c(O)cccc3OC3OC(CO)C(O)C(O)C3O)oc2c1. The summed E-state index contributed by atoms with van der Waals surface area (Å²) in [4.78, 5) is 12.7. The van der Waals surface area contributed by atoms with Crippen molar-refractivity contribution in [3.05, 3.63) is 46.6 Å². The van der Waals surface area contributed by atoms with Gasteiger partial charge in [0.2, 0.25) is 6.29 Å². The van der Waals surface area contributed by atoms with Crippen molar-refractivity contribution in [2.24, 2.45) is 0 Å². The summed E-state index contributed by atoms with van der Waals surface area (Å²) < 4.78 is 21.8. The molecule has 1 fully saturated rings. The van der Waals surface area contributed by atoms with Crippen LogP contribution in [0.4, 0.5) is 0 Å². The van der Waals surface area contributed by atoms with Crippen LogP contribution in [0.3, 0.4) is 0 Å². The van der Waals surface area contributed by atoms with E-state index in [2.05, 4.69) is 0 Å². The number of phenolic OH excluding ortho intramolecular Hbond substituents is 2. The van der Waals surface area contributed by atoms with Crippen molar-refractivity contribution in [2.45, 2.75) is 30.7 Å². The fourth-order valence-corrected chi connectivity index (χ4v) is 3.64. The van der Waals surface area contributed by atoms with E-state index < -0.39 is 42.7 Å². The lowest BCUT2D eigenvalue weighted by molar-refractivity contribution is -0.277. The summed E-state index contributed by atoms with van der Waals surface area (Å²) in [5.74, 6) is -0.673. The Labute approximate surface area is 186 Å². The third-order valence-corrected chi connectivity index (χ3v) is 5.36. The van der Waals surface area contributed by atoms with Crippen molar-refractivity contribution in [3.63, 3.8) is 0 Å². The minimum Gasteiger partial charge on any atom is -0.507 e. The second-order valence-corrected chi connectivity index (χ2v) is 7.46. The van der Waals surface area contributed by atoms with Crippen LogP contribution in [0, 0.1) is 0 Å². The Morgan fingerprint density at radius 1 is 1.00 bits per heavy atom.